The number of aromatic nitrogens is 1. The van der Waals surface area contributed by atoms with Crippen LogP contribution < -0.4 is 10.6 Å². The second-order valence-corrected chi connectivity index (χ2v) is 6.32. The topological polar surface area (TPSA) is 71.1 Å². The number of thiazole rings is 1. The Balaban J connectivity index is 1.63. The minimum absolute atomic E-state index is 0.127. The molecule has 0 saturated heterocycles. The zero-order chi connectivity index (χ0) is 17.6. The van der Waals surface area contributed by atoms with Crippen molar-refractivity contribution in [2.75, 3.05) is 5.32 Å². The number of carbonyl (C=O) groups is 2. The third-order valence-corrected chi connectivity index (χ3v) is 4.40. The Morgan fingerprint density at radius 2 is 1.60 bits per heavy atom. The van der Waals surface area contributed by atoms with Crippen LogP contribution >= 0.6 is 11.3 Å². The molecule has 3 rings (SSSR count). The highest BCUT2D eigenvalue weighted by atomic mass is 32.1. The molecule has 126 valence electrons. The number of amides is 2. The van der Waals surface area contributed by atoms with Crippen LogP contribution in [0.5, 0.6) is 0 Å². The molecule has 6 heteroatoms. The number of benzene rings is 2. The summed E-state index contributed by atoms with van der Waals surface area (Å²) in [6.45, 7) is 1.91. The highest BCUT2D eigenvalue weighted by Gasteiger charge is 2.15. The smallest absolute Gasteiger partial charge is 0.271 e. The maximum Gasteiger partial charge on any atom is 0.271 e. The number of anilines is 1. The first-order chi connectivity index (χ1) is 12.1. The van der Waals surface area contributed by atoms with Crippen LogP contribution in [0, 0.1) is 0 Å². The SMILES string of the molecule is CC(NC(=O)c1csc(NC(=O)c2ccccc2)n1)c1ccccc1. The molecule has 0 aliphatic rings. The predicted molar refractivity (Wildman–Crippen MR) is 98.8 cm³/mol. The van der Waals surface area contributed by atoms with E-state index in [0.717, 1.165) is 5.56 Å². The van der Waals surface area contributed by atoms with Crippen LogP contribution in [0.2, 0.25) is 0 Å². The Hall–Kier alpha value is -2.99. The van der Waals surface area contributed by atoms with E-state index in [1.165, 1.54) is 11.3 Å². The molecule has 0 saturated carbocycles. The first kappa shape index (κ1) is 16.9. The average molecular weight is 351 g/mol. The van der Waals surface area contributed by atoms with Crippen LogP contribution in [-0.4, -0.2) is 16.8 Å². The summed E-state index contributed by atoms with van der Waals surface area (Å²) in [6.07, 6.45) is 0. The van der Waals surface area contributed by atoms with Gasteiger partial charge in [-0.25, -0.2) is 4.98 Å². The monoisotopic (exact) mass is 351 g/mol. The van der Waals surface area contributed by atoms with Gasteiger partial charge in [-0.1, -0.05) is 48.5 Å². The van der Waals surface area contributed by atoms with Gasteiger partial charge in [-0.2, -0.15) is 0 Å². The molecule has 0 aliphatic heterocycles. The maximum atomic E-state index is 12.3. The zero-order valence-corrected chi connectivity index (χ0v) is 14.4. The fraction of sp³-hybridized carbons (Fsp3) is 0.105. The third-order valence-electron chi connectivity index (χ3n) is 3.64. The van der Waals surface area contributed by atoms with E-state index in [1.54, 1.807) is 29.6 Å². The minimum atomic E-state index is -0.271. The first-order valence-electron chi connectivity index (χ1n) is 7.81. The molecule has 2 N–H and O–H groups in total. The van der Waals surface area contributed by atoms with E-state index < -0.39 is 0 Å². The predicted octanol–water partition coefficient (Wildman–Crippen LogP) is 3.89. The first-order valence-corrected chi connectivity index (χ1v) is 8.69. The molecule has 0 aliphatic carbocycles. The Morgan fingerprint density at radius 1 is 0.960 bits per heavy atom. The number of rotatable bonds is 5. The van der Waals surface area contributed by atoms with Gasteiger partial charge in [0.1, 0.15) is 5.69 Å². The molecule has 0 radical (unpaired) electrons. The van der Waals surface area contributed by atoms with Crippen LogP contribution in [-0.2, 0) is 0 Å². The normalized spacial score (nSPS) is 11.6. The lowest BCUT2D eigenvalue weighted by molar-refractivity contribution is 0.0934. The number of hydrogen-bond acceptors (Lipinski definition) is 4. The molecule has 1 atom stereocenters. The molecule has 1 heterocycles. The van der Waals surface area contributed by atoms with Crippen molar-refractivity contribution in [3.8, 4) is 0 Å². The summed E-state index contributed by atoms with van der Waals surface area (Å²) in [5.41, 5.74) is 1.85. The molecule has 5 nitrogen and oxygen atoms in total. The van der Waals surface area contributed by atoms with Gasteiger partial charge >= 0.3 is 0 Å². The van der Waals surface area contributed by atoms with Gasteiger partial charge in [0.25, 0.3) is 11.8 Å². The van der Waals surface area contributed by atoms with Gasteiger partial charge in [0.15, 0.2) is 5.13 Å². The lowest BCUT2D eigenvalue weighted by Crippen LogP contribution is -2.26. The summed E-state index contributed by atoms with van der Waals surface area (Å²) in [5.74, 6) is -0.521. The Bertz CT molecular complexity index is 863. The Kier molecular flexibility index (Phi) is 5.20. The van der Waals surface area contributed by atoms with Gasteiger partial charge in [-0.3, -0.25) is 14.9 Å². The van der Waals surface area contributed by atoms with Crippen molar-refractivity contribution >= 4 is 28.3 Å². The van der Waals surface area contributed by atoms with Crippen molar-refractivity contribution in [3.63, 3.8) is 0 Å². The molecular weight excluding hydrogens is 334 g/mol. The second-order valence-electron chi connectivity index (χ2n) is 5.46. The fourth-order valence-electron chi connectivity index (χ4n) is 2.29. The van der Waals surface area contributed by atoms with E-state index in [2.05, 4.69) is 15.6 Å². The highest BCUT2D eigenvalue weighted by Crippen LogP contribution is 2.18. The van der Waals surface area contributed by atoms with Crippen molar-refractivity contribution in [3.05, 3.63) is 82.9 Å². The molecule has 0 bridgehead atoms. The van der Waals surface area contributed by atoms with Crippen LogP contribution in [0.4, 0.5) is 5.13 Å². The quantitative estimate of drug-likeness (QED) is 0.733. The largest absolute Gasteiger partial charge is 0.344 e. The number of nitrogens with zero attached hydrogens (tertiary/aromatic N) is 1. The molecule has 0 spiro atoms. The molecule has 25 heavy (non-hydrogen) atoms. The highest BCUT2D eigenvalue weighted by molar-refractivity contribution is 7.14. The number of carbonyl (C=O) groups excluding carboxylic acids is 2. The summed E-state index contributed by atoms with van der Waals surface area (Å²) in [5, 5.41) is 7.64. The van der Waals surface area contributed by atoms with E-state index in [-0.39, 0.29) is 23.6 Å². The van der Waals surface area contributed by atoms with Gasteiger partial charge in [-0.05, 0) is 24.6 Å². The van der Waals surface area contributed by atoms with Crippen molar-refractivity contribution in [2.24, 2.45) is 0 Å². The third kappa shape index (κ3) is 4.30. The van der Waals surface area contributed by atoms with Crippen LogP contribution in [0.1, 0.15) is 39.4 Å². The summed E-state index contributed by atoms with van der Waals surface area (Å²) < 4.78 is 0. The summed E-state index contributed by atoms with van der Waals surface area (Å²) in [7, 11) is 0. The van der Waals surface area contributed by atoms with Gasteiger partial charge in [-0.15, -0.1) is 11.3 Å². The summed E-state index contributed by atoms with van der Waals surface area (Å²) in [6, 6.07) is 18.4. The number of hydrogen-bond donors (Lipinski definition) is 2. The van der Waals surface area contributed by atoms with E-state index in [0.29, 0.717) is 10.7 Å². The molecule has 1 unspecified atom stereocenters. The van der Waals surface area contributed by atoms with E-state index >= 15 is 0 Å². The molecule has 2 amide bonds. The summed E-state index contributed by atoms with van der Waals surface area (Å²) in [4.78, 5) is 28.6. The minimum Gasteiger partial charge on any atom is -0.344 e. The van der Waals surface area contributed by atoms with Crippen molar-refractivity contribution in [2.45, 2.75) is 13.0 Å². The molecule has 3 aromatic rings. The Morgan fingerprint density at radius 3 is 2.28 bits per heavy atom. The molecule has 1 aromatic heterocycles. The second kappa shape index (κ2) is 7.72. The zero-order valence-electron chi connectivity index (χ0n) is 13.6. The molecular formula is C19H17N3O2S. The van der Waals surface area contributed by atoms with E-state index in [4.69, 9.17) is 0 Å². The van der Waals surface area contributed by atoms with Crippen LogP contribution in [0.15, 0.2) is 66.0 Å². The summed E-state index contributed by atoms with van der Waals surface area (Å²) >= 11 is 1.22. The van der Waals surface area contributed by atoms with Crippen molar-refractivity contribution in [1.82, 2.24) is 10.3 Å². The Labute approximate surface area is 149 Å². The maximum absolute atomic E-state index is 12.3. The van der Waals surface area contributed by atoms with Crippen molar-refractivity contribution in [1.29, 1.82) is 0 Å². The van der Waals surface area contributed by atoms with Gasteiger partial charge in [0.2, 0.25) is 0 Å². The molecule has 2 aromatic carbocycles. The van der Waals surface area contributed by atoms with Crippen LogP contribution in [0.25, 0.3) is 0 Å². The standard InChI is InChI=1S/C19H17N3O2S/c1-13(14-8-4-2-5-9-14)20-18(24)16-12-25-19(21-16)22-17(23)15-10-6-3-7-11-15/h2-13H,1H3,(H,20,24)(H,21,22,23). The lowest BCUT2D eigenvalue weighted by Gasteiger charge is -2.13. The lowest BCUT2D eigenvalue weighted by atomic mass is 10.1. The van der Waals surface area contributed by atoms with Crippen molar-refractivity contribution < 1.29 is 9.59 Å². The number of nitrogens with one attached hydrogen (secondary N) is 2. The van der Waals surface area contributed by atoms with Gasteiger partial charge in [0.05, 0.1) is 6.04 Å². The van der Waals surface area contributed by atoms with Gasteiger partial charge in [0, 0.05) is 10.9 Å². The van der Waals surface area contributed by atoms with Crippen LogP contribution in [0.3, 0.4) is 0 Å². The van der Waals surface area contributed by atoms with E-state index in [1.807, 2.05) is 43.3 Å². The van der Waals surface area contributed by atoms with E-state index in [9.17, 15) is 9.59 Å². The molecule has 0 fully saturated rings. The average Bonchev–Trinajstić information content (AvgIpc) is 3.12. The van der Waals surface area contributed by atoms with Gasteiger partial charge < -0.3 is 5.32 Å². The fourth-order valence-corrected chi connectivity index (χ4v) is 2.98.